The van der Waals surface area contributed by atoms with Crippen LogP contribution in [0.5, 0.6) is 0 Å². The van der Waals surface area contributed by atoms with Crippen molar-refractivity contribution in [3.8, 4) is 0 Å². The number of carbonyl (C=O) groups excluding carboxylic acids is 3. The van der Waals surface area contributed by atoms with Crippen molar-refractivity contribution in [2.24, 2.45) is 10.9 Å². The van der Waals surface area contributed by atoms with Gasteiger partial charge in [-0.2, -0.15) is 4.57 Å². The van der Waals surface area contributed by atoms with Gasteiger partial charge in [-0.1, -0.05) is 5.16 Å². The number of aliphatic carboxylic acids is 2. The number of aromatic nitrogens is 3. The number of β-lactam (4-membered cyclic amide) rings is 1. The topological polar surface area (TPSA) is 259 Å². The van der Waals surface area contributed by atoms with Crippen LogP contribution in [0.4, 0.5) is 5.13 Å². The normalized spacial score (nSPS) is 17.9. The number of nitrogens with two attached hydrogens (primary N) is 2. The molecule has 0 aromatic carbocycles. The number of carboxylic acids is 2. The molecule has 19 heteroatoms. The van der Waals surface area contributed by atoms with Gasteiger partial charge >= 0.3 is 5.97 Å². The Morgan fingerprint density at radius 3 is 2.78 bits per heavy atom. The number of thiazole rings is 1. The molecule has 2 amide bonds. The van der Waals surface area contributed by atoms with Gasteiger partial charge in [0, 0.05) is 34.4 Å². The quantitative estimate of drug-likeness (QED) is 0.0414. The van der Waals surface area contributed by atoms with E-state index >= 15 is 0 Å². The summed E-state index contributed by atoms with van der Waals surface area (Å²) < 4.78 is 9.28. The van der Waals surface area contributed by atoms with Crippen LogP contribution < -0.4 is 26.5 Å². The number of hydrogen-bond acceptors (Lipinski definition) is 13. The van der Waals surface area contributed by atoms with Crippen LogP contribution in [0.25, 0.3) is 10.9 Å². The van der Waals surface area contributed by atoms with Gasteiger partial charge in [0.25, 0.3) is 11.8 Å². The molecule has 0 spiro atoms. The van der Waals surface area contributed by atoms with Crippen LogP contribution in [0.3, 0.4) is 0 Å². The fourth-order valence-corrected chi connectivity index (χ4v) is 7.08. The lowest BCUT2D eigenvalue weighted by molar-refractivity contribution is -0.687. The van der Waals surface area contributed by atoms with E-state index in [1.54, 1.807) is 16.8 Å². The molecule has 2 atom stereocenters. The molecule has 2 aliphatic rings. The van der Waals surface area contributed by atoms with Gasteiger partial charge in [0.05, 0.1) is 23.8 Å². The molecule has 0 radical (unpaired) electrons. The Balaban J connectivity index is 1.21. The number of carbonyl (C=O) groups is 4. The first kappa shape index (κ1) is 33.2. The molecule has 0 bridgehead atoms. The standard InChI is InChI=1S/C30H29N9O8S2/c1-30(2,28(44)45)47-36-20(18-13-49-29(33)34-18)24(40)35-21-25(41)39-22(27(42)43)16(12-48-26(21)39)8-37-5-3-14-4-6-38(19(14)10-37)9-17-7-15(11-46-17)23(31)32/h3-7,10-11,13,21,26H,8-9,12H2,1-2H3,(H7-,31,32,33,34,35,40,42,43,44,45)/b36-20-/t21-,26-/m1/s1. The molecule has 49 heavy (non-hydrogen) atoms. The SMILES string of the molecule is CC(C)(O/N=C(\C(=O)N[C@@H]1C(=O)N2C(C(=O)[O-])=C(C[n+]3ccc4ccn(Cc5cc(C(=N)N)co5)c4c3)CS[C@H]12)c1csc(N)n1)C(=O)O. The summed E-state index contributed by atoms with van der Waals surface area (Å²) >= 11 is 2.28. The fourth-order valence-electron chi connectivity index (χ4n) is 5.20. The molecule has 17 nitrogen and oxygen atoms in total. The number of pyridine rings is 1. The Hall–Kier alpha value is -5.69. The minimum atomic E-state index is -1.79. The van der Waals surface area contributed by atoms with Crippen molar-refractivity contribution in [1.82, 2.24) is 19.8 Å². The van der Waals surface area contributed by atoms with Crippen molar-refractivity contribution in [2.75, 3.05) is 11.5 Å². The molecule has 6 heterocycles. The largest absolute Gasteiger partial charge is 0.543 e. The second-order valence-corrected chi connectivity index (χ2v) is 13.6. The molecular formula is C30H29N9O8S2. The summed E-state index contributed by atoms with van der Waals surface area (Å²) in [5.74, 6) is -3.73. The molecule has 254 valence electrons. The Bertz CT molecular complexity index is 2100. The molecule has 0 unspecified atom stereocenters. The number of rotatable bonds is 12. The monoisotopic (exact) mass is 707 g/mol. The Morgan fingerprint density at radius 1 is 1.35 bits per heavy atom. The number of carboxylic acid groups (broad SMARTS) is 2. The number of fused-ring (bicyclic) bond motifs is 2. The highest BCUT2D eigenvalue weighted by Gasteiger charge is 2.53. The smallest absolute Gasteiger partial charge is 0.350 e. The number of furan rings is 1. The molecule has 4 aromatic heterocycles. The third-order valence-corrected chi connectivity index (χ3v) is 9.84. The molecule has 0 aliphatic carbocycles. The first-order valence-corrected chi connectivity index (χ1v) is 16.5. The van der Waals surface area contributed by atoms with Crippen LogP contribution >= 0.6 is 23.1 Å². The van der Waals surface area contributed by atoms with Crippen molar-refractivity contribution in [2.45, 2.75) is 44.0 Å². The van der Waals surface area contributed by atoms with Crippen LogP contribution in [-0.2, 0) is 37.1 Å². The third-order valence-electron chi connectivity index (χ3n) is 7.82. The van der Waals surface area contributed by atoms with E-state index in [-0.39, 0.29) is 34.7 Å². The highest BCUT2D eigenvalue weighted by Crippen LogP contribution is 2.40. The number of hydrogen-bond donors (Lipinski definition) is 5. The van der Waals surface area contributed by atoms with Crippen LogP contribution in [-0.4, -0.2) is 77.6 Å². The molecule has 1 fully saturated rings. The van der Waals surface area contributed by atoms with E-state index in [9.17, 15) is 29.4 Å². The van der Waals surface area contributed by atoms with Crippen LogP contribution in [0.15, 0.2) is 69.3 Å². The number of amides is 2. The number of oxime groups is 1. The Kier molecular flexibility index (Phi) is 8.63. The second kappa shape index (κ2) is 12.7. The molecule has 2 aliphatic heterocycles. The molecule has 6 rings (SSSR count). The van der Waals surface area contributed by atoms with Gasteiger partial charge in [0.2, 0.25) is 5.60 Å². The maximum Gasteiger partial charge on any atom is 0.350 e. The Labute approximate surface area is 285 Å². The second-order valence-electron chi connectivity index (χ2n) is 11.6. The van der Waals surface area contributed by atoms with Gasteiger partial charge in [-0.15, -0.1) is 23.1 Å². The number of anilines is 1. The lowest BCUT2D eigenvalue weighted by atomic mass is 10.0. The minimum absolute atomic E-state index is 0.00355. The lowest BCUT2D eigenvalue weighted by Gasteiger charge is -2.50. The van der Waals surface area contributed by atoms with Gasteiger partial charge < -0.3 is 45.6 Å². The predicted molar refractivity (Wildman–Crippen MR) is 174 cm³/mol. The molecule has 7 N–H and O–H groups in total. The summed E-state index contributed by atoms with van der Waals surface area (Å²) in [7, 11) is 0. The van der Waals surface area contributed by atoms with Crippen molar-refractivity contribution < 1.29 is 43.2 Å². The van der Waals surface area contributed by atoms with Crippen LogP contribution in [0.2, 0.25) is 0 Å². The van der Waals surface area contributed by atoms with Gasteiger partial charge in [-0.25, -0.2) is 9.78 Å². The van der Waals surface area contributed by atoms with Crippen molar-refractivity contribution in [3.63, 3.8) is 0 Å². The zero-order chi connectivity index (χ0) is 35.2. The first-order chi connectivity index (χ1) is 23.2. The minimum Gasteiger partial charge on any atom is -0.543 e. The van der Waals surface area contributed by atoms with Crippen molar-refractivity contribution in [3.05, 3.63) is 76.7 Å². The van der Waals surface area contributed by atoms with E-state index in [1.807, 2.05) is 29.1 Å². The molecular weight excluding hydrogens is 679 g/mol. The van der Waals surface area contributed by atoms with Gasteiger partial charge in [0.15, 0.2) is 29.8 Å². The van der Waals surface area contributed by atoms with E-state index in [4.69, 9.17) is 26.1 Å². The molecule has 4 aromatic rings. The van der Waals surface area contributed by atoms with Crippen molar-refractivity contribution in [1.29, 1.82) is 5.41 Å². The summed E-state index contributed by atoms with van der Waals surface area (Å²) in [6, 6.07) is 4.37. The van der Waals surface area contributed by atoms with Gasteiger partial charge in [-0.3, -0.25) is 19.9 Å². The number of thioether (sulfide) groups is 1. The van der Waals surface area contributed by atoms with Crippen LogP contribution in [0, 0.1) is 5.41 Å². The third kappa shape index (κ3) is 6.44. The van der Waals surface area contributed by atoms with Crippen LogP contribution in [0.1, 0.15) is 30.9 Å². The average Bonchev–Trinajstić information content (AvgIpc) is 3.80. The summed E-state index contributed by atoms with van der Waals surface area (Å²) in [5, 5.41) is 37.4. The maximum absolute atomic E-state index is 13.4. The lowest BCUT2D eigenvalue weighted by Crippen LogP contribution is -2.71. The summed E-state index contributed by atoms with van der Waals surface area (Å²) in [6.45, 7) is 2.98. The number of amidine groups is 1. The fraction of sp³-hybridized carbons (Fsp3) is 0.267. The van der Waals surface area contributed by atoms with Crippen molar-refractivity contribution >= 4 is 74.4 Å². The van der Waals surface area contributed by atoms with E-state index < -0.39 is 46.5 Å². The number of nitrogens with one attached hydrogen (secondary N) is 2. The highest BCUT2D eigenvalue weighted by atomic mass is 32.2. The summed E-state index contributed by atoms with van der Waals surface area (Å²) in [6.07, 6.45) is 6.94. The average molecular weight is 708 g/mol. The zero-order valence-electron chi connectivity index (χ0n) is 25.9. The summed E-state index contributed by atoms with van der Waals surface area (Å²) in [4.78, 5) is 60.9. The van der Waals surface area contributed by atoms with Gasteiger partial charge in [0.1, 0.15) is 40.5 Å². The van der Waals surface area contributed by atoms with E-state index in [1.165, 1.54) is 37.3 Å². The maximum atomic E-state index is 13.4. The highest BCUT2D eigenvalue weighted by molar-refractivity contribution is 8.00. The van der Waals surface area contributed by atoms with Gasteiger partial charge in [-0.05, 0) is 26.0 Å². The predicted octanol–water partition coefficient (Wildman–Crippen LogP) is -0.419. The molecule has 1 saturated heterocycles. The Morgan fingerprint density at radius 2 is 2.12 bits per heavy atom. The van der Waals surface area contributed by atoms with E-state index in [0.717, 1.165) is 27.1 Å². The summed E-state index contributed by atoms with van der Waals surface area (Å²) in [5.41, 5.74) is 10.5. The first-order valence-electron chi connectivity index (χ1n) is 14.5. The zero-order valence-corrected chi connectivity index (χ0v) is 27.5. The number of nitrogens with zero attached hydrogens (tertiary/aromatic N) is 5. The number of nitrogen functional groups attached to an aromatic ring is 2. The molecule has 0 saturated carbocycles. The van der Waals surface area contributed by atoms with E-state index in [0.29, 0.717) is 23.4 Å². The van der Waals surface area contributed by atoms with E-state index in [2.05, 4.69) is 15.5 Å².